The molecule has 0 aliphatic heterocycles. The van der Waals surface area contributed by atoms with Crippen molar-refractivity contribution < 1.29 is 35.5 Å². The molecule has 1 aromatic rings. The second-order valence-corrected chi connectivity index (χ2v) is 4.51. The van der Waals surface area contributed by atoms with Gasteiger partial charge in [0.1, 0.15) is 11.3 Å². The van der Waals surface area contributed by atoms with Crippen LogP contribution in [0.5, 0.6) is 0 Å². The molecule has 0 heterocycles. The highest BCUT2D eigenvalue weighted by molar-refractivity contribution is 5.91. The van der Waals surface area contributed by atoms with E-state index in [2.05, 4.69) is 0 Å². The van der Waals surface area contributed by atoms with E-state index in [1.165, 1.54) is 0 Å². The third-order valence-corrected chi connectivity index (χ3v) is 2.82. The number of alkyl halides is 3. The van der Waals surface area contributed by atoms with Crippen molar-refractivity contribution in [3.63, 3.8) is 0 Å². The number of carbonyl (C=O) groups excluding carboxylic acids is 1. The van der Waals surface area contributed by atoms with Gasteiger partial charge in [-0.15, -0.1) is 0 Å². The first-order valence-electron chi connectivity index (χ1n) is 6.34. The van der Waals surface area contributed by atoms with Gasteiger partial charge in [0.15, 0.2) is 23.3 Å². The summed E-state index contributed by atoms with van der Waals surface area (Å²) in [5.74, 6) is -10.7. The summed E-state index contributed by atoms with van der Waals surface area (Å²) in [7, 11) is 0. The second kappa shape index (κ2) is 6.97. The Kier molecular flexibility index (Phi) is 5.78. The van der Waals surface area contributed by atoms with E-state index in [0.29, 0.717) is 12.8 Å². The van der Waals surface area contributed by atoms with Crippen LogP contribution in [0.4, 0.5) is 36.4 Å². The fourth-order valence-electron chi connectivity index (χ4n) is 1.73. The van der Waals surface area contributed by atoms with Crippen LogP contribution in [0.3, 0.4) is 0 Å². The third kappa shape index (κ3) is 3.89. The van der Waals surface area contributed by atoms with Crippen molar-refractivity contribution in [3.05, 3.63) is 28.8 Å². The molecule has 0 aromatic heterocycles. The molecule has 9 heteroatoms. The summed E-state index contributed by atoms with van der Waals surface area (Å²) in [4.78, 5) is 11.4. The van der Waals surface area contributed by atoms with Gasteiger partial charge in [-0.05, 0) is 6.42 Å². The van der Waals surface area contributed by atoms with E-state index >= 15 is 0 Å². The Hall–Kier alpha value is -1.80. The van der Waals surface area contributed by atoms with Crippen LogP contribution in [0.1, 0.15) is 38.2 Å². The van der Waals surface area contributed by atoms with Crippen LogP contribution >= 0.6 is 0 Å². The number of nitrogens with one attached hydrogen (secondary N) is 1. The molecule has 1 aromatic carbocycles. The highest BCUT2D eigenvalue weighted by atomic mass is 19.4. The van der Waals surface area contributed by atoms with E-state index in [4.69, 9.17) is 0 Å². The number of halogens is 7. The number of hydrogen-bond acceptors (Lipinski definition) is 1. The fourth-order valence-corrected chi connectivity index (χ4v) is 1.73. The molecule has 22 heavy (non-hydrogen) atoms. The first kappa shape index (κ1) is 18.2. The van der Waals surface area contributed by atoms with E-state index < -0.39 is 46.6 Å². The van der Waals surface area contributed by atoms with Crippen molar-refractivity contribution in [3.8, 4) is 0 Å². The number of amides is 1. The van der Waals surface area contributed by atoms with Gasteiger partial charge in [0.2, 0.25) is 5.91 Å². The third-order valence-electron chi connectivity index (χ3n) is 2.82. The van der Waals surface area contributed by atoms with Gasteiger partial charge in [0.05, 0.1) is 0 Å². The first-order valence-corrected chi connectivity index (χ1v) is 6.34. The number of unbranched alkanes of at least 4 members (excludes halogenated alkanes) is 2. The van der Waals surface area contributed by atoms with Crippen LogP contribution in [0.25, 0.3) is 0 Å². The minimum atomic E-state index is -5.61. The molecule has 0 aliphatic rings. The van der Waals surface area contributed by atoms with Crippen LogP contribution in [0.15, 0.2) is 0 Å². The Morgan fingerprint density at radius 3 is 1.86 bits per heavy atom. The van der Waals surface area contributed by atoms with Gasteiger partial charge in [-0.3, -0.25) is 4.79 Å². The summed E-state index contributed by atoms with van der Waals surface area (Å²) in [5.41, 5.74) is -4.24. The zero-order valence-electron chi connectivity index (χ0n) is 11.4. The SMILES string of the molecule is CCCCCC(=O)Nc1c(F)c(F)c(C(F)(F)F)c(F)c1F. The molecule has 2 nitrogen and oxygen atoms in total. The number of anilines is 1. The zero-order valence-corrected chi connectivity index (χ0v) is 11.4. The number of benzene rings is 1. The molecule has 0 saturated heterocycles. The maximum Gasteiger partial charge on any atom is 0.422 e. The Balaban J connectivity index is 3.16. The normalized spacial score (nSPS) is 11.6. The Morgan fingerprint density at radius 2 is 1.45 bits per heavy atom. The largest absolute Gasteiger partial charge is 0.422 e. The average molecular weight is 331 g/mol. The molecular formula is C13H12F7NO. The van der Waals surface area contributed by atoms with E-state index in [1.807, 2.05) is 6.92 Å². The van der Waals surface area contributed by atoms with Crippen molar-refractivity contribution in [2.45, 2.75) is 38.8 Å². The van der Waals surface area contributed by atoms with Crippen LogP contribution in [-0.2, 0) is 11.0 Å². The van der Waals surface area contributed by atoms with Crippen molar-refractivity contribution in [1.29, 1.82) is 0 Å². The van der Waals surface area contributed by atoms with E-state index in [1.54, 1.807) is 5.32 Å². The van der Waals surface area contributed by atoms with Crippen molar-refractivity contribution >= 4 is 11.6 Å². The topological polar surface area (TPSA) is 29.1 Å². The van der Waals surface area contributed by atoms with E-state index in [9.17, 15) is 35.5 Å². The van der Waals surface area contributed by atoms with Gasteiger partial charge in [-0.2, -0.15) is 13.2 Å². The molecule has 0 unspecified atom stereocenters. The molecule has 1 rings (SSSR count). The fraction of sp³-hybridized carbons (Fsp3) is 0.462. The van der Waals surface area contributed by atoms with Crippen molar-refractivity contribution in [1.82, 2.24) is 0 Å². The molecule has 0 spiro atoms. The summed E-state index contributed by atoms with van der Waals surface area (Å²) in [5, 5.41) is 1.56. The zero-order chi connectivity index (χ0) is 17.1. The smallest absolute Gasteiger partial charge is 0.321 e. The monoisotopic (exact) mass is 331 g/mol. The summed E-state index contributed by atoms with van der Waals surface area (Å²) < 4.78 is 90.7. The highest BCUT2D eigenvalue weighted by Crippen LogP contribution is 2.38. The van der Waals surface area contributed by atoms with Crippen molar-refractivity contribution in [2.24, 2.45) is 0 Å². The molecule has 124 valence electrons. The van der Waals surface area contributed by atoms with Crippen molar-refractivity contribution in [2.75, 3.05) is 5.32 Å². The minimum Gasteiger partial charge on any atom is -0.321 e. The van der Waals surface area contributed by atoms with Crippen LogP contribution in [-0.4, -0.2) is 5.91 Å². The molecule has 1 amide bonds. The minimum absolute atomic E-state index is 0.184. The Labute approximate surface area is 121 Å². The summed E-state index contributed by atoms with van der Waals surface area (Å²) in [6, 6.07) is 0. The predicted molar refractivity (Wildman–Crippen MR) is 64.0 cm³/mol. The lowest BCUT2D eigenvalue weighted by Crippen LogP contribution is -2.20. The molecule has 0 aliphatic carbocycles. The standard InChI is InChI=1S/C13H12F7NO/c1-2-3-4-5-6(22)21-12-10(16)8(14)7(13(18,19)20)9(15)11(12)17/h2-5H2,1H3,(H,21,22). The summed E-state index contributed by atoms with van der Waals surface area (Å²) >= 11 is 0. The first-order chi connectivity index (χ1) is 10.1. The molecule has 0 atom stereocenters. The molecule has 0 bridgehead atoms. The lowest BCUT2D eigenvalue weighted by molar-refractivity contribution is -0.143. The van der Waals surface area contributed by atoms with Gasteiger partial charge >= 0.3 is 6.18 Å². The molecule has 0 fully saturated rings. The number of carbonyl (C=O) groups is 1. The van der Waals surface area contributed by atoms with Crippen LogP contribution in [0, 0.1) is 23.3 Å². The van der Waals surface area contributed by atoms with Gasteiger partial charge in [-0.25, -0.2) is 17.6 Å². The molecule has 0 saturated carbocycles. The van der Waals surface area contributed by atoms with Gasteiger partial charge in [0, 0.05) is 6.42 Å². The highest BCUT2D eigenvalue weighted by Gasteiger charge is 2.42. The maximum atomic E-state index is 13.5. The second-order valence-electron chi connectivity index (χ2n) is 4.51. The summed E-state index contributed by atoms with van der Waals surface area (Å²) in [6.45, 7) is 1.83. The van der Waals surface area contributed by atoms with Crippen LogP contribution < -0.4 is 5.32 Å². The summed E-state index contributed by atoms with van der Waals surface area (Å²) in [6.07, 6.45) is -4.05. The van der Waals surface area contributed by atoms with Crippen LogP contribution in [0.2, 0.25) is 0 Å². The predicted octanol–water partition coefficient (Wildman–Crippen LogP) is 4.78. The van der Waals surface area contributed by atoms with E-state index in [0.717, 1.165) is 6.42 Å². The molecule has 1 N–H and O–H groups in total. The Morgan fingerprint density at radius 1 is 0.955 bits per heavy atom. The maximum absolute atomic E-state index is 13.5. The quantitative estimate of drug-likeness (QED) is 0.469. The number of rotatable bonds is 5. The molecule has 0 radical (unpaired) electrons. The van der Waals surface area contributed by atoms with Gasteiger partial charge in [-0.1, -0.05) is 19.8 Å². The lowest BCUT2D eigenvalue weighted by atomic mass is 10.1. The Bertz CT molecular complexity index is 539. The molecular weight excluding hydrogens is 319 g/mol. The lowest BCUT2D eigenvalue weighted by Gasteiger charge is -2.14. The van der Waals surface area contributed by atoms with Gasteiger partial charge < -0.3 is 5.32 Å². The average Bonchev–Trinajstić information content (AvgIpc) is 2.40. The van der Waals surface area contributed by atoms with Gasteiger partial charge in [0.25, 0.3) is 0 Å². The number of hydrogen-bond donors (Lipinski definition) is 1. The van der Waals surface area contributed by atoms with E-state index in [-0.39, 0.29) is 6.42 Å².